The lowest BCUT2D eigenvalue weighted by atomic mass is 9.89. The summed E-state index contributed by atoms with van der Waals surface area (Å²) in [6.45, 7) is 4.35. The van der Waals surface area contributed by atoms with E-state index in [0.717, 1.165) is 24.2 Å². The average Bonchev–Trinajstić information content (AvgIpc) is 3.05. The zero-order valence-electron chi connectivity index (χ0n) is 13.8. The van der Waals surface area contributed by atoms with Gasteiger partial charge >= 0.3 is 0 Å². The fourth-order valence-electron chi connectivity index (χ4n) is 3.27. The van der Waals surface area contributed by atoms with Gasteiger partial charge in [0.15, 0.2) is 11.5 Å². The number of carbonyl (C=O) groups is 1. The Morgan fingerprint density at radius 2 is 2.21 bits per heavy atom. The third kappa shape index (κ3) is 3.35. The lowest BCUT2D eigenvalue weighted by Crippen LogP contribution is -2.31. The lowest BCUT2D eigenvalue weighted by Gasteiger charge is -2.18. The van der Waals surface area contributed by atoms with Crippen LogP contribution in [0.15, 0.2) is 35.3 Å². The number of carbonyl (C=O) groups excluding carboxylic acids is 1. The van der Waals surface area contributed by atoms with Gasteiger partial charge in [0.25, 0.3) is 5.91 Å². The van der Waals surface area contributed by atoms with Gasteiger partial charge in [-0.15, -0.1) is 13.0 Å². The molecule has 1 aromatic heterocycles. The third-order valence-electron chi connectivity index (χ3n) is 4.53. The molecule has 1 fully saturated rings. The van der Waals surface area contributed by atoms with Gasteiger partial charge in [0, 0.05) is 18.0 Å². The first-order chi connectivity index (χ1) is 11.7. The van der Waals surface area contributed by atoms with Gasteiger partial charge in [-0.25, -0.2) is 4.98 Å². The van der Waals surface area contributed by atoms with Crippen molar-refractivity contribution in [2.24, 2.45) is 0 Å². The van der Waals surface area contributed by atoms with E-state index in [4.69, 9.17) is 10.8 Å². The molecule has 0 saturated heterocycles. The number of amides is 1. The predicted molar refractivity (Wildman–Crippen MR) is 94.8 cm³/mol. The molecule has 0 bridgehead atoms. The Labute approximate surface area is 142 Å². The molecule has 0 atom stereocenters. The number of oxazole rings is 1. The normalized spacial score (nSPS) is 15.1. The van der Waals surface area contributed by atoms with Crippen LogP contribution in [0.2, 0.25) is 0 Å². The van der Waals surface area contributed by atoms with Crippen molar-refractivity contribution < 1.29 is 9.21 Å². The smallest absolute Gasteiger partial charge is 0.255 e. The van der Waals surface area contributed by atoms with Crippen LogP contribution in [0.3, 0.4) is 0 Å². The van der Waals surface area contributed by atoms with E-state index >= 15 is 0 Å². The summed E-state index contributed by atoms with van der Waals surface area (Å²) in [5.74, 6) is 3.60. The summed E-state index contributed by atoms with van der Waals surface area (Å²) in [6, 6.07) is 5.40. The molecule has 0 aliphatic heterocycles. The molecule has 0 unspecified atom stereocenters. The minimum Gasteiger partial charge on any atom is -0.440 e. The average molecular weight is 322 g/mol. The summed E-state index contributed by atoms with van der Waals surface area (Å²) >= 11 is 0. The molecule has 24 heavy (non-hydrogen) atoms. The highest BCUT2D eigenvalue weighted by Gasteiger charge is 2.22. The quantitative estimate of drug-likeness (QED) is 0.614. The molecule has 3 rings (SSSR count). The maximum atomic E-state index is 12.6. The molecule has 0 spiro atoms. The predicted octanol–water partition coefficient (Wildman–Crippen LogP) is 4.14. The lowest BCUT2D eigenvalue weighted by molar-refractivity contribution is 0.0793. The standard InChI is InChI=1S/C20H22N2O2/c1-3-12-22(13-4-2)20(23)16-10-11-17-18(14-16)24-19(21-17)15-8-6-5-7-9-15/h1,4,10-11,14-15H,2,5-9,12-13H2. The van der Waals surface area contributed by atoms with E-state index in [1.807, 2.05) is 6.07 Å². The van der Waals surface area contributed by atoms with E-state index in [0.29, 0.717) is 23.6 Å². The number of nitrogens with zero attached hydrogens (tertiary/aromatic N) is 2. The zero-order valence-corrected chi connectivity index (χ0v) is 13.8. The number of aromatic nitrogens is 1. The summed E-state index contributed by atoms with van der Waals surface area (Å²) in [4.78, 5) is 18.8. The highest BCUT2D eigenvalue weighted by atomic mass is 16.3. The maximum absolute atomic E-state index is 12.6. The van der Waals surface area contributed by atoms with Crippen molar-refractivity contribution in [3.8, 4) is 12.3 Å². The number of hydrogen-bond acceptors (Lipinski definition) is 3. The van der Waals surface area contributed by atoms with Gasteiger partial charge in [0.1, 0.15) is 5.52 Å². The van der Waals surface area contributed by atoms with Crippen LogP contribution in [0.25, 0.3) is 11.1 Å². The molecule has 1 saturated carbocycles. The van der Waals surface area contributed by atoms with Gasteiger partial charge in [0.2, 0.25) is 0 Å². The SMILES string of the molecule is C#CCN(CC=C)C(=O)c1ccc2nc(C3CCCCC3)oc2c1. The van der Waals surface area contributed by atoms with Crippen molar-refractivity contribution in [3.05, 3.63) is 42.3 Å². The summed E-state index contributed by atoms with van der Waals surface area (Å²) in [5, 5.41) is 0. The Balaban J connectivity index is 1.86. The number of terminal acetylenes is 1. The third-order valence-corrected chi connectivity index (χ3v) is 4.53. The van der Waals surface area contributed by atoms with E-state index in [9.17, 15) is 4.79 Å². The molecule has 0 N–H and O–H groups in total. The van der Waals surface area contributed by atoms with Crippen LogP contribution >= 0.6 is 0 Å². The maximum Gasteiger partial charge on any atom is 0.255 e. The van der Waals surface area contributed by atoms with Crippen LogP contribution in [0, 0.1) is 12.3 Å². The van der Waals surface area contributed by atoms with Gasteiger partial charge in [-0.3, -0.25) is 4.79 Å². The van der Waals surface area contributed by atoms with Crippen molar-refractivity contribution in [2.75, 3.05) is 13.1 Å². The van der Waals surface area contributed by atoms with Crippen LogP contribution in [-0.2, 0) is 0 Å². The minimum atomic E-state index is -0.120. The molecule has 1 aliphatic carbocycles. The van der Waals surface area contributed by atoms with Gasteiger partial charge in [0.05, 0.1) is 6.54 Å². The topological polar surface area (TPSA) is 46.3 Å². The fraction of sp³-hybridized carbons (Fsp3) is 0.400. The summed E-state index contributed by atoms with van der Waals surface area (Å²) < 4.78 is 5.96. The second kappa shape index (κ2) is 7.35. The Morgan fingerprint density at radius 1 is 1.42 bits per heavy atom. The van der Waals surface area contributed by atoms with Crippen molar-refractivity contribution in [2.45, 2.75) is 38.0 Å². The summed E-state index contributed by atoms with van der Waals surface area (Å²) in [7, 11) is 0. The first-order valence-corrected chi connectivity index (χ1v) is 8.47. The van der Waals surface area contributed by atoms with Gasteiger partial charge < -0.3 is 9.32 Å². The Kier molecular flexibility index (Phi) is 5.00. The second-order valence-corrected chi connectivity index (χ2v) is 6.25. The molecule has 0 radical (unpaired) electrons. The number of fused-ring (bicyclic) bond motifs is 1. The monoisotopic (exact) mass is 322 g/mol. The van der Waals surface area contributed by atoms with Gasteiger partial charge in [-0.2, -0.15) is 0 Å². The van der Waals surface area contributed by atoms with Crippen LogP contribution in [-0.4, -0.2) is 28.9 Å². The first kappa shape index (κ1) is 16.3. The molecule has 124 valence electrons. The van der Waals surface area contributed by atoms with Gasteiger partial charge in [-0.05, 0) is 31.0 Å². The minimum absolute atomic E-state index is 0.120. The highest BCUT2D eigenvalue weighted by molar-refractivity contribution is 5.97. The molecule has 2 aromatic rings. The van der Waals surface area contributed by atoms with Crippen LogP contribution < -0.4 is 0 Å². The van der Waals surface area contributed by atoms with E-state index in [1.165, 1.54) is 19.3 Å². The Bertz CT molecular complexity index is 779. The van der Waals surface area contributed by atoms with Crippen LogP contribution in [0.4, 0.5) is 0 Å². The van der Waals surface area contributed by atoms with Crippen LogP contribution in [0.1, 0.15) is 54.3 Å². The fourth-order valence-corrected chi connectivity index (χ4v) is 3.27. The molecular weight excluding hydrogens is 300 g/mol. The summed E-state index contributed by atoms with van der Waals surface area (Å²) in [5.41, 5.74) is 2.03. The van der Waals surface area contributed by atoms with Crippen molar-refractivity contribution in [3.63, 3.8) is 0 Å². The van der Waals surface area contributed by atoms with E-state index in [2.05, 4.69) is 17.5 Å². The summed E-state index contributed by atoms with van der Waals surface area (Å²) in [6.07, 6.45) is 13.0. The van der Waals surface area contributed by atoms with E-state index in [-0.39, 0.29) is 12.5 Å². The van der Waals surface area contributed by atoms with Gasteiger partial charge in [-0.1, -0.05) is 31.3 Å². The van der Waals surface area contributed by atoms with E-state index in [1.54, 1.807) is 23.1 Å². The van der Waals surface area contributed by atoms with Crippen molar-refractivity contribution >= 4 is 17.0 Å². The molecule has 1 aliphatic rings. The molecule has 4 nitrogen and oxygen atoms in total. The Morgan fingerprint density at radius 3 is 2.92 bits per heavy atom. The Hall–Kier alpha value is -2.54. The first-order valence-electron chi connectivity index (χ1n) is 8.47. The molecule has 4 heteroatoms. The highest BCUT2D eigenvalue weighted by Crippen LogP contribution is 2.33. The van der Waals surface area contributed by atoms with Crippen molar-refractivity contribution in [1.29, 1.82) is 0 Å². The van der Waals surface area contributed by atoms with Crippen molar-refractivity contribution in [1.82, 2.24) is 9.88 Å². The molecule has 1 amide bonds. The van der Waals surface area contributed by atoms with E-state index < -0.39 is 0 Å². The zero-order chi connectivity index (χ0) is 16.9. The number of benzene rings is 1. The molecule has 1 heterocycles. The number of hydrogen-bond donors (Lipinski definition) is 0. The number of rotatable bonds is 5. The largest absolute Gasteiger partial charge is 0.440 e. The second-order valence-electron chi connectivity index (χ2n) is 6.25. The van der Waals surface area contributed by atoms with Crippen LogP contribution in [0.5, 0.6) is 0 Å². The molecular formula is C20H22N2O2. The molecule has 1 aromatic carbocycles.